The van der Waals surface area contributed by atoms with Crippen LogP contribution in [0.4, 0.5) is 9.28 Å². The topological polar surface area (TPSA) is 84.4 Å². The molecule has 0 aliphatic carbocycles. The molecule has 0 spiro atoms. The first-order chi connectivity index (χ1) is 3.18. The number of carbonyl (C=O) groups is 1. The quantitative estimate of drug-likeness (QED) is 0.155. The Hall–Kier alpha value is -0.880. The number of hydrogen-bond donors (Lipinski definition) is 3. The van der Waals surface area contributed by atoms with Gasteiger partial charge in [0, 0.05) is 0 Å². The van der Waals surface area contributed by atoms with Gasteiger partial charge in [-0.15, -0.1) is 0 Å². The number of amides is 2. The number of halogens is 1. The lowest BCUT2D eigenvalue weighted by atomic mass is 11.1. The molecule has 0 aromatic rings. The summed E-state index contributed by atoms with van der Waals surface area (Å²) in [6.07, 6.45) is 0. The molecule has 6 heteroatoms. The van der Waals surface area contributed by atoms with Crippen molar-refractivity contribution in [2.24, 2.45) is 11.7 Å². The molecule has 0 unspecified atom stereocenters. The third-order valence-electron chi connectivity index (χ3n) is 0.317. The number of hydrogen-bond acceptors (Lipinski definition) is 3. The molecule has 0 aromatic carbocycles. The first-order valence-electron chi connectivity index (χ1n) is 1.39. The van der Waals surface area contributed by atoms with Crippen LogP contribution in [0, 0.1) is 0 Å². The summed E-state index contributed by atoms with van der Waals surface area (Å²) in [5.74, 6) is 8.63. The van der Waals surface area contributed by atoms with Crippen molar-refractivity contribution < 1.29 is 9.28 Å². The average molecular weight is 108 g/mol. The summed E-state index contributed by atoms with van der Waals surface area (Å²) in [7, 11) is 0. The number of hydrazine groups is 2. The Morgan fingerprint density at radius 1 is 1.86 bits per heavy atom. The van der Waals surface area contributed by atoms with Gasteiger partial charge in [0.2, 0.25) is 0 Å². The summed E-state index contributed by atoms with van der Waals surface area (Å²) in [4.78, 5) is 9.70. The zero-order chi connectivity index (χ0) is 5.86. The van der Waals surface area contributed by atoms with Crippen molar-refractivity contribution in [3.63, 3.8) is 0 Å². The van der Waals surface area contributed by atoms with E-state index in [2.05, 4.69) is 11.7 Å². The first kappa shape index (κ1) is 6.12. The molecular weight excluding hydrogens is 103 g/mol. The summed E-state index contributed by atoms with van der Waals surface area (Å²) < 4.78 is 11.2. The molecule has 0 aliphatic rings. The second-order valence-corrected chi connectivity index (χ2v) is 0.761. The van der Waals surface area contributed by atoms with E-state index in [0.717, 1.165) is 0 Å². The molecule has 0 fully saturated rings. The lowest BCUT2D eigenvalue weighted by Gasteiger charge is -1.99. The van der Waals surface area contributed by atoms with Crippen LogP contribution in [0.15, 0.2) is 0 Å². The molecule has 0 bridgehead atoms. The van der Waals surface area contributed by atoms with Gasteiger partial charge in [-0.1, -0.05) is 9.71 Å². The molecule has 0 heterocycles. The monoisotopic (exact) mass is 108 g/mol. The van der Waals surface area contributed by atoms with E-state index >= 15 is 0 Å². The van der Waals surface area contributed by atoms with Crippen LogP contribution in [0.25, 0.3) is 0 Å². The number of nitrogens with one attached hydrogen (secondary N) is 1. The van der Waals surface area contributed by atoms with Crippen LogP contribution in [-0.4, -0.2) is 11.3 Å². The van der Waals surface area contributed by atoms with Crippen LogP contribution in [0.1, 0.15) is 0 Å². The zero-order valence-corrected chi connectivity index (χ0v) is 3.39. The standard InChI is InChI=1S/CH5FN4O/c2-6(4)1(7)5-3/h3-4H2,(H,5,7). The van der Waals surface area contributed by atoms with Crippen molar-refractivity contribution >= 4 is 6.03 Å². The predicted octanol–water partition coefficient (Wildman–Crippen LogP) is -1.37. The van der Waals surface area contributed by atoms with Crippen LogP contribution < -0.4 is 17.1 Å². The van der Waals surface area contributed by atoms with Gasteiger partial charge in [-0.05, 0) is 0 Å². The first-order valence-corrected chi connectivity index (χ1v) is 1.39. The molecule has 0 rings (SSSR count). The minimum Gasteiger partial charge on any atom is -0.273 e. The lowest BCUT2D eigenvalue weighted by molar-refractivity contribution is 0.0662. The molecule has 0 aromatic heterocycles. The van der Waals surface area contributed by atoms with Crippen molar-refractivity contribution in [1.29, 1.82) is 0 Å². The number of urea groups is 1. The fraction of sp³-hybridized carbons (Fsp3) is 0. The van der Waals surface area contributed by atoms with Gasteiger partial charge in [-0.3, -0.25) is 5.43 Å². The summed E-state index contributed by atoms with van der Waals surface area (Å²) in [6.45, 7) is 0. The van der Waals surface area contributed by atoms with E-state index in [4.69, 9.17) is 0 Å². The van der Waals surface area contributed by atoms with E-state index in [9.17, 15) is 9.28 Å². The maximum Gasteiger partial charge on any atom is 0.374 e. The highest BCUT2D eigenvalue weighted by Crippen LogP contribution is 1.72. The number of nitrogens with two attached hydrogens (primary N) is 2. The van der Waals surface area contributed by atoms with Gasteiger partial charge in [0.15, 0.2) is 0 Å². The van der Waals surface area contributed by atoms with Crippen molar-refractivity contribution in [1.82, 2.24) is 10.7 Å². The van der Waals surface area contributed by atoms with Crippen molar-refractivity contribution in [3.8, 4) is 0 Å². The van der Waals surface area contributed by atoms with Gasteiger partial charge in [0.25, 0.3) is 0 Å². The summed E-state index contributed by atoms with van der Waals surface area (Å²) >= 11 is 0. The fourth-order valence-corrected chi connectivity index (χ4v) is 0.0617. The lowest BCUT2D eigenvalue weighted by Crippen LogP contribution is -2.42. The average Bonchev–Trinajstić information content (AvgIpc) is 1.65. The Morgan fingerprint density at radius 3 is 2.29 bits per heavy atom. The maximum absolute atomic E-state index is 11.2. The minimum atomic E-state index is -1.18. The molecule has 0 saturated carbocycles. The van der Waals surface area contributed by atoms with Gasteiger partial charge in [0.05, 0.1) is 0 Å². The Balaban J connectivity index is 3.35. The Kier molecular flexibility index (Phi) is 2.03. The van der Waals surface area contributed by atoms with Gasteiger partial charge in [-0.2, -0.15) is 0 Å². The molecule has 0 saturated heterocycles. The molecule has 0 radical (unpaired) electrons. The molecule has 2 amide bonds. The largest absolute Gasteiger partial charge is 0.374 e. The van der Waals surface area contributed by atoms with Crippen LogP contribution in [0.5, 0.6) is 0 Å². The highest BCUT2D eigenvalue weighted by Gasteiger charge is 2.01. The van der Waals surface area contributed by atoms with Gasteiger partial charge in [0.1, 0.15) is 0 Å². The van der Waals surface area contributed by atoms with E-state index in [-0.39, 0.29) is 0 Å². The number of rotatable bonds is 0. The van der Waals surface area contributed by atoms with Crippen LogP contribution in [0.2, 0.25) is 0 Å². The Labute approximate surface area is 38.9 Å². The normalized spacial score (nSPS) is 7.86. The molecule has 0 atom stereocenters. The number of nitrogens with zero attached hydrogens (tertiary/aromatic N) is 1. The van der Waals surface area contributed by atoms with Crippen LogP contribution >= 0.6 is 0 Å². The van der Waals surface area contributed by atoms with Gasteiger partial charge >= 0.3 is 6.03 Å². The molecule has 7 heavy (non-hydrogen) atoms. The second-order valence-electron chi connectivity index (χ2n) is 0.761. The van der Waals surface area contributed by atoms with E-state index < -0.39 is 11.3 Å². The van der Waals surface area contributed by atoms with Gasteiger partial charge < -0.3 is 0 Å². The third-order valence-corrected chi connectivity index (χ3v) is 0.317. The highest BCUT2D eigenvalue weighted by atomic mass is 19.2. The second kappa shape index (κ2) is 2.32. The predicted molar refractivity (Wildman–Crippen MR) is 19.9 cm³/mol. The van der Waals surface area contributed by atoms with E-state index in [1.54, 1.807) is 0 Å². The van der Waals surface area contributed by atoms with Crippen molar-refractivity contribution in [3.05, 3.63) is 0 Å². The summed E-state index contributed by atoms with van der Waals surface area (Å²) in [5.41, 5.74) is 1.45. The minimum absolute atomic E-state index is 0.653. The van der Waals surface area contributed by atoms with Crippen molar-refractivity contribution in [2.45, 2.75) is 0 Å². The van der Waals surface area contributed by atoms with Crippen LogP contribution in [-0.2, 0) is 0 Å². The molecule has 0 aliphatic heterocycles. The fourth-order valence-electron chi connectivity index (χ4n) is 0.0617. The van der Waals surface area contributed by atoms with Crippen molar-refractivity contribution in [2.75, 3.05) is 0 Å². The van der Waals surface area contributed by atoms with Crippen LogP contribution in [0.3, 0.4) is 0 Å². The number of carbonyl (C=O) groups excluding carboxylic acids is 1. The Morgan fingerprint density at radius 2 is 2.29 bits per heavy atom. The SMILES string of the molecule is NNC(=O)N(N)F. The highest BCUT2D eigenvalue weighted by molar-refractivity contribution is 5.71. The maximum atomic E-state index is 11.2. The molecule has 42 valence electrons. The zero-order valence-electron chi connectivity index (χ0n) is 3.39. The Bertz CT molecular complexity index is 72.1. The molecular formula is CH5FN4O. The molecule has 5 N–H and O–H groups in total. The van der Waals surface area contributed by atoms with E-state index in [1.807, 2.05) is 0 Å². The van der Waals surface area contributed by atoms with Gasteiger partial charge in [-0.25, -0.2) is 16.5 Å². The summed E-state index contributed by atoms with van der Waals surface area (Å²) in [6, 6.07) is -1.18. The van der Waals surface area contributed by atoms with E-state index in [0.29, 0.717) is 0 Å². The smallest absolute Gasteiger partial charge is 0.273 e. The third kappa shape index (κ3) is 1.90. The van der Waals surface area contributed by atoms with E-state index in [1.165, 1.54) is 5.43 Å². The summed E-state index contributed by atoms with van der Waals surface area (Å²) in [5, 5.41) is -0.653. The molecule has 5 nitrogen and oxygen atoms in total.